The average molecular weight is 564 g/mol. The van der Waals surface area contributed by atoms with Crippen LogP contribution in [0.4, 0.5) is 11.8 Å². The van der Waals surface area contributed by atoms with Gasteiger partial charge < -0.3 is 26.0 Å². The van der Waals surface area contributed by atoms with Crippen LogP contribution in [0.1, 0.15) is 56.1 Å². The van der Waals surface area contributed by atoms with Crippen LogP contribution in [0, 0.1) is 40.4 Å². The highest BCUT2D eigenvalue weighted by molar-refractivity contribution is 6.31. The topological polar surface area (TPSA) is 109 Å². The molecule has 5 aliphatic rings. The predicted molar refractivity (Wildman–Crippen MR) is 158 cm³/mol. The van der Waals surface area contributed by atoms with Crippen LogP contribution in [0.25, 0.3) is 0 Å². The summed E-state index contributed by atoms with van der Waals surface area (Å²) in [5, 5.41) is 30.6. The van der Waals surface area contributed by atoms with E-state index in [4.69, 9.17) is 11.6 Å². The zero-order valence-electron chi connectivity index (χ0n) is 23.3. The van der Waals surface area contributed by atoms with Gasteiger partial charge in [0.25, 0.3) is 0 Å². The lowest BCUT2D eigenvalue weighted by molar-refractivity contribution is -0.0704. The summed E-state index contributed by atoms with van der Waals surface area (Å²) in [6.07, 6.45) is 10.6. The number of hydrogen-bond donors (Lipinski definition) is 4. The molecule has 0 amide bonds. The van der Waals surface area contributed by atoms with Gasteiger partial charge in [-0.25, -0.2) is 4.98 Å². The fourth-order valence-electron chi connectivity index (χ4n) is 8.37. The van der Waals surface area contributed by atoms with Gasteiger partial charge in [0.2, 0.25) is 5.95 Å². The molecule has 7 rings (SSSR count). The Morgan fingerprint density at radius 3 is 2.60 bits per heavy atom. The number of nitrogens with zero attached hydrogens (tertiary/aromatic N) is 4. The molecule has 40 heavy (non-hydrogen) atoms. The fourth-order valence-corrected chi connectivity index (χ4v) is 8.57. The number of nitrogens with one attached hydrogen (secondary N) is 3. The Morgan fingerprint density at radius 1 is 1.10 bits per heavy atom. The van der Waals surface area contributed by atoms with Gasteiger partial charge in [0.15, 0.2) is 0 Å². The molecule has 0 spiro atoms. The molecule has 2 aromatic rings. The molecule has 5 atom stereocenters. The van der Waals surface area contributed by atoms with Crippen LogP contribution >= 0.6 is 11.6 Å². The molecule has 4 N–H and O–H groups in total. The Morgan fingerprint density at radius 2 is 1.88 bits per heavy atom. The number of β-amino-alcohol motifs (C(OH)–C–C–N with tert-alkyl or cyclic N) is 1. The number of halogens is 1. The highest BCUT2D eigenvalue weighted by atomic mass is 35.5. The summed E-state index contributed by atoms with van der Waals surface area (Å²) in [6.45, 7) is 5.84. The van der Waals surface area contributed by atoms with E-state index in [1.807, 2.05) is 24.3 Å². The van der Waals surface area contributed by atoms with Crippen molar-refractivity contribution < 1.29 is 5.11 Å². The third-order valence-corrected chi connectivity index (χ3v) is 10.5. The number of nitriles is 1. The van der Waals surface area contributed by atoms with Crippen molar-refractivity contribution in [3.8, 4) is 6.07 Å². The monoisotopic (exact) mass is 563 g/mol. The first-order valence-electron chi connectivity index (χ1n) is 15.1. The van der Waals surface area contributed by atoms with Crippen LogP contribution in [-0.4, -0.2) is 65.3 Å². The first kappa shape index (κ1) is 27.7. The lowest BCUT2D eigenvalue weighted by Crippen LogP contribution is -2.60. The van der Waals surface area contributed by atoms with Crippen LogP contribution in [0.2, 0.25) is 5.02 Å². The molecule has 1 aromatic heterocycles. The predicted octanol–water partition coefficient (Wildman–Crippen LogP) is 4.51. The van der Waals surface area contributed by atoms with Gasteiger partial charge in [0, 0.05) is 30.7 Å². The van der Waals surface area contributed by atoms with Crippen molar-refractivity contribution in [2.45, 2.75) is 57.5 Å². The molecule has 4 saturated carbocycles. The number of piperidine rings is 1. The Balaban J connectivity index is 1.05. The van der Waals surface area contributed by atoms with Gasteiger partial charge in [-0.2, -0.15) is 10.2 Å². The molecule has 0 radical (unpaired) electrons. The molecule has 3 unspecified atom stereocenters. The standard InChI is InChI=1S/C31H42ClN7O/c32-27-4-2-1-3-23(27)18-35-30-36-19-26(16-33)29(38-30)37-20-31-13-22-11-24(14-31)28(25(12-22)15-31)34-17-21-5-7-39(8-6-21)9-10-40/h1-4,19,21-22,24-25,28,34,40H,5-15,17-18,20H2,(H2,35,36,37,38)/t22?,24-,25+,28?,31?. The lowest BCUT2D eigenvalue weighted by atomic mass is 9.48. The van der Waals surface area contributed by atoms with Gasteiger partial charge in [0.05, 0.1) is 12.8 Å². The molecular formula is C31H42ClN7O. The van der Waals surface area contributed by atoms with E-state index in [-0.39, 0.29) is 12.0 Å². The first-order valence-corrected chi connectivity index (χ1v) is 15.5. The molecule has 4 bridgehead atoms. The number of aromatic nitrogens is 2. The van der Waals surface area contributed by atoms with Gasteiger partial charge >= 0.3 is 0 Å². The number of rotatable bonds is 11. The average Bonchev–Trinajstić information content (AvgIpc) is 2.96. The summed E-state index contributed by atoms with van der Waals surface area (Å²) < 4.78 is 0. The number of anilines is 2. The number of benzene rings is 1. The van der Waals surface area contributed by atoms with E-state index >= 15 is 0 Å². The zero-order valence-corrected chi connectivity index (χ0v) is 24.0. The summed E-state index contributed by atoms with van der Waals surface area (Å²) in [5.74, 6) is 4.20. The highest BCUT2D eigenvalue weighted by Gasteiger charge is 2.55. The van der Waals surface area contributed by atoms with E-state index in [9.17, 15) is 10.4 Å². The molecule has 1 aliphatic heterocycles. The smallest absolute Gasteiger partial charge is 0.224 e. The molecule has 4 aliphatic carbocycles. The van der Waals surface area contributed by atoms with Crippen molar-refractivity contribution in [2.75, 3.05) is 50.0 Å². The normalized spacial score (nSPS) is 29.8. The molecule has 8 nitrogen and oxygen atoms in total. The Kier molecular flexibility index (Phi) is 8.45. The SMILES string of the molecule is N#Cc1cnc(NCc2ccccc2Cl)nc1NCC12CC3C[C@H](C1)C(NCC1CCN(CCO)CC1)[C@@H](C3)C2. The van der Waals surface area contributed by atoms with Crippen molar-refractivity contribution in [1.82, 2.24) is 20.2 Å². The first-order chi connectivity index (χ1) is 19.5. The fraction of sp³-hybridized carbons (Fsp3) is 0.645. The maximum atomic E-state index is 9.73. The maximum absolute atomic E-state index is 9.73. The van der Waals surface area contributed by atoms with Gasteiger partial charge in [-0.1, -0.05) is 29.8 Å². The molecular weight excluding hydrogens is 522 g/mol. The quantitative estimate of drug-likeness (QED) is 0.316. The summed E-state index contributed by atoms with van der Waals surface area (Å²) in [6, 6.07) is 10.6. The van der Waals surface area contributed by atoms with Crippen LogP contribution in [0.15, 0.2) is 30.5 Å². The van der Waals surface area contributed by atoms with Crippen molar-refractivity contribution in [2.24, 2.45) is 29.1 Å². The van der Waals surface area contributed by atoms with E-state index < -0.39 is 0 Å². The van der Waals surface area contributed by atoms with Crippen molar-refractivity contribution in [3.05, 3.63) is 46.6 Å². The molecule has 2 heterocycles. The summed E-state index contributed by atoms with van der Waals surface area (Å²) in [5.41, 5.74) is 1.75. The van der Waals surface area contributed by atoms with E-state index in [1.165, 1.54) is 44.9 Å². The minimum absolute atomic E-state index is 0.267. The molecule has 1 aromatic carbocycles. The van der Waals surface area contributed by atoms with Crippen molar-refractivity contribution >= 4 is 23.4 Å². The number of likely N-dealkylation sites (tertiary alicyclic amines) is 1. The Bertz CT molecular complexity index is 1190. The van der Waals surface area contributed by atoms with E-state index in [0.29, 0.717) is 34.9 Å². The van der Waals surface area contributed by atoms with Crippen LogP contribution < -0.4 is 16.0 Å². The Hall–Kier alpha value is -2.44. The van der Waals surface area contributed by atoms with Gasteiger partial charge in [-0.3, -0.25) is 0 Å². The number of aliphatic hydroxyl groups is 1. The second-order valence-electron chi connectivity index (χ2n) is 12.8. The van der Waals surface area contributed by atoms with Gasteiger partial charge in [-0.05, 0) is 105 Å². The van der Waals surface area contributed by atoms with Crippen LogP contribution in [0.5, 0.6) is 0 Å². The maximum Gasteiger partial charge on any atom is 0.224 e. The summed E-state index contributed by atoms with van der Waals surface area (Å²) >= 11 is 6.30. The van der Waals surface area contributed by atoms with Gasteiger partial charge in [-0.15, -0.1) is 0 Å². The largest absolute Gasteiger partial charge is 0.395 e. The minimum atomic E-state index is 0.267. The molecule has 5 fully saturated rings. The second kappa shape index (κ2) is 12.2. The third-order valence-electron chi connectivity index (χ3n) is 10.1. The second-order valence-corrected chi connectivity index (χ2v) is 13.2. The highest BCUT2D eigenvalue weighted by Crippen LogP contribution is 2.60. The molecule has 9 heteroatoms. The number of aliphatic hydroxyl groups excluding tert-OH is 1. The van der Waals surface area contributed by atoms with Gasteiger partial charge in [0.1, 0.15) is 17.5 Å². The van der Waals surface area contributed by atoms with Crippen molar-refractivity contribution in [1.29, 1.82) is 5.26 Å². The minimum Gasteiger partial charge on any atom is -0.395 e. The lowest BCUT2D eigenvalue weighted by Gasteiger charge is -2.60. The Labute approximate surface area is 242 Å². The summed E-state index contributed by atoms with van der Waals surface area (Å²) in [7, 11) is 0. The number of hydrogen-bond acceptors (Lipinski definition) is 8. The van der Waals surface area contributed by atoms with Crippen LogP contribution in [-0.2, 0) is 6.54 Å². The van der Waals surface area contributed by atoms with Crippen LogP contribution in [0.3, 0.4) is 0 Å². The molecule has 214 valence electrons. The molecule has 1 saturated heterocycles. The third kappa shape index (κ3) is 6.08. The zero-order chi connectivity index (χ0) is 27.5. The van der Waals surface area contributed by atoms with E-state index in [0.717, 1.165) is 62.0 Å². The van der Waals surface area contributed by atoms with E-state index in [1.54, 1.807) is 6.20 Å². The van der Waals surface area contributed by atoms with Crippen molar-refractivity contribution in [3.63, 3.8) is 0 Å². The summed E-state index contributed by atoms with van der Waals surface area (Å²) in [4.78, 5) is 11.4. The van der Waals surface area contributed by atoms with E-state index in [2.05, 4.69) is 36.9 Å².